The van der Waals surface area contributed by atoms with Crippen LogP contribution in [0.1, 0.15) is 5.56 Å². The van der Waals surface area contributed by atoms with Crippen molar-refractivity contribution in [2.24, 2.45) is 0 Å². The van der Waals surface area contributed by atoms with E-state index in [1.165, 1.54) is 0 Å². The molecule has 1 radical (unpaired) electrons. The maximum absolute atomic E-state index is 10.7. The predicted molar refractivity (Wildman–Crippen MR) is 58.9 cm³/mol. The average Bonchev–Trinajstić information content (AvgIpc) is 2.16. The van der Waals surface area contributed by atoms with Crippen LogP contribution in [-0.4, -0.2) is 13.0 Å². The molecule has 2 aromatic rings. The molecule has 1 N–H and O–H groups in total. The van der Waals surface area contributed by atoms with Crippen molar-refractivity contribution in [3.63, 3.8) is 0 Å². The van der Waals surface area contributed by atoms with Gasteiger partial charge in [-0.3, -0.25) is 4.55 Å². The maximum Gasteiger partial charge on any atom is 0.273 e. The molecule has 3 nitrogen and oxygen atoms in total. The highest BCUT2D eigenvalue weighted by atomic mass is 32.2. The molecule has 0 heterocycles. The zero-order valence-electron chi connectivity index (χ0n) is 7.79. The summed E-state index contributed by atoms with van der Waals surface area (Å²) < 4.78 is 30.2. The van der Waals surface area contributed by atoms with Crippen LogP contribution < -0.4 is 0 Å². The molecular weight excluding hydrogens is 212 g/mol. The minimum atomic E-state index is -4.09. The van der Waals surface area contributed by atoms with Crippen LogP contribution in [0.25, 0.3) is 10.8 Å². The fourth-order valence-electron chi connectivity index (χ4n) is 1.51. The first kappa shape index (κ1) is 10.1. The molecule has 0 saturated carbocycles. The quantitative estimate of drug-likeness (QED) is 0.791. The van der Waals surface area contributed by atoms with Gasteiger partial charge in [-0.05, 0) is 16.3 Å². The molecule has 0 fully saturated rings. The van der Waals surface area contributed by atoms with E-state index in [1.54, 1.807) is 12.1 Å². The van der Waals surface area contributed by atoms with Gasteiger partial charge >= 0.3 is 0 Å². The standard InChI is InChI=1S/C11H9O3S/c12-15(13,14)8-10-6-3-5-9-4-1-2-7-11(9)10/h1-8H,(H,12,13,14). The second-order valence-corrected chi connectivity index (χ2v) is 4.47. The minimum Gasteiger partial charge on any atom is -0.285 e. The molecule has 2 aromatic carbocycles. The van der Waals surface area contributed by atoms with Gasteiger partial charge in [0.2, 0.25) is 0 Å². The molecule has 4 heteroatoms. The van der Waals surface area contributed by atoms with E-state index in [0.717, 1.165) is 16.5 Å². The first-order valence-electron chi connectivity index (χ1n) is 4.36. The molecule has 0 saturated heterocycles. The fraction of sp³-hybridized carbons (Fsp3) is 0. The molecule has 0 aliphatic heterocycles. The van der Waals surface area contributed by atoms with Gasteiger partial charge in [-0.1, -0.05) is 42.5 Å². The van der Waals surface area contributed by atoms with E-state index < -0.39 is 10.1 Å². The van der Waals surface area contributed by atoms with E-state index in [2.05, 4.69) is 0 Å². The summed E-state index contributed by atoms with van der Waals surface area (Å²) in [5.41, 5.74) is 0.496. The zero-order chi connectivity index (χ0) is 10.9. The molecule has 0 unspecified atom stereocenters. The Kier molecular flexibility index (Phi) is 2.46. The summed E-state index contributed by atoms with van der Waals surface area (Å²) in [6.45, 7) is 0. The lowest BCUT2D eigenvalue weighted by Crippen LogP contribution is -1.99. The lowest BCUT2D eigenvalue weighted by Gasteiger charge is -2.03. The van der Waals surface area contributed by atoms with Crippen LogP contribution in [0.15, 0.2) is 42.5 Å². The van der Waals surface area contributed by atoms with E-state index in [0.29, 0.717) is 5.56 Å². The monoisotopic (exact) mass is 221 g/mol. The Morgan fingerprint density at radius 1 is 1.00 bits per heavy atom. The summed E-state index contributed by atoms with van der Waals surface area (Å²) in [6.07, 6.45) is 0. The van der Waals surface area contributed by atoms with E-state index >= 15 is 0 Å². The summed E-state index contributed by atoms with van der Waals surface area (Å²) in [4.78, 5) is 0. The first-order valence-corrected chi connectivity index (χ1v) is 5.86. The van der Waals surface area contributed by atoms with E-state index in [-0.39, 0.29) is 0 Å². The Morgan fingerprint density at radius 2 is 1.67 bits per heavy atom. The third-order valence-electron chi connectivity index (χ3n) is 2.10. The van der Waals surface area contributed by atoms with E-state index in [9.17, 15) is 8.42 Å². The average molecular weight is 221 g/mol. The highest BCUT2D eigenvalue weighted by molar-refractivity contribution is 7.88. The Hall–Kier alpha value is -1.39. The van der Waals surface area contributed by atoms with Gasteiger partial charge in [0.25, 0.3) is 10.1 Å². The fourth-order valence-corrected chi connectivity index (χ4v) is 2.04. The molecule has 0 atom stereocenters. The number of hydrogen-bond donors (Lipinski definition) is 1. The van der Waals surface area contributed by atoms with Crippen LogP contribution in [0.2, 0.25) is 0 Å². The van der Waals surface area contributed by atoms with Crippen LogP contribution >= 0.6 is 0 Å². The van der Waals surface area contributed by atoms with Gasteiger partial charge in [0.1, 0.15) is 5.75 Å². The lowest BCUT2D eigenvalue weighted by molar-refractivity contribution is 0.491. The normalized spacial score (nSPS) is 11.8. The van der Waals surface area contributed by atoms with Crippen LogP contribution in [0, 0.1) is 5.75 Å². The smallest absolute Gasteiger partial charge is 0.273 e. The first-order chi connectivity index (χ1) is 7.06. The van der Waals surface area contributed by atoms with Crippen molar-refractivity contribution in [1.29, 1.82) is 0 Å². The van der Waals surface area contributed by atoms with Crippen molar-refractivity contribution in [3.8, 4) is 0 Å². The van der Waals surface area contributed by atoms with Crippen molar-refractivity contribution < 1.29 is 13.0 Å². The Balaban J connectivity index is 2.61. The van der Waals surface area contributed by atoms with Crippen LogP contribution in [0.3, 0.4) is 0 Å². The summed E-state index contributed by atoms with van der Waals surface area (Å²) in [5.74, 6) is 0.856. The van der Waals surface area contributed by atoms with Crippen molar-refractivity contribution in [2.45, 2.75) is 0 Å². The summed E-state index contributed by atoms with van der Waals surface area (Å²) in [5, 5.41) is 1.74. The number of rotatable bonds is 2. The molecular formula is C11H9O3S. The number of fused-ring (bicyclic) bond motifs is 1. The molecule has 15 heavy (non-hydrogen) atoms. The van der Waals surface area contributed by atoms with Gasteiger partial charge < -0.3 is 0 Å². The molecule has 2 rings (SSSR count). The number of benzene rings is 2. The predicted octanol–water partition coefficient (Wildman–Crippen LogP) is 2.24. The van der Waals surface area contributed by atoms with Crippen molar-refractivity contribution >= 4 is 20.9 Å². The Labute approximate surface area is 88.1 Å². The molecule has 0 amide bonds. The van der Waals surface area contributed by atoms with Crippen LogP contribution in [-0.2, 0) is 10.1 Å². The highest BCUT2D eigenvalue weighted by Crippen LogP contribution is 2.20. The van der Waals surface area contributed by atoms with E-state index in [1.807, 2.05) is 30.3 Å². The minimum absolute atomic E-state index is 0.496. The molecule has 0 aromatic heterocycles. The molecule has 0 bridgehead atoms. The van der Waals surface area contributed by atoms with Gasteiger partial charge in [0.05, 0.1) is 0 Å². The van der Waals surface area contributed by atoms with Crippen LogP contribution in [0.4, 0.5) is 0 Å². The topological polar surface area (TPSA) is 54.4 Å². The zero-order valence-corrected chi connectivity index (χ0v) is 8.61. The molecule has 77 valence electrons. The van der Waals surface area contributed by atoms with Crippen molar-refractivity contribution in [1.82, 2.24) is 0 Å². The van der Waals surface area contributed by atoms with E-state index in [4.69, 9.17) is 4.55 Å². The summed E-state index contributed by atoms with van der Waals surface area (Å²) >= 11 is 0. The SMILES string of the molecule is O=S(=O)(O)[CH]c1cccc2ccccc12. The van der Waals surface area contributed by atoms with Crippen molar-refractivity contribution in [2.75, 3.05) is 0 Å². The second-order valence-electron chi connectivity index (χ2n) is 3.20. The van der Waals surface area contributed by atoms with Gasteiger partial charge in [-0.25, -0.2) is 0 Å². The Bertz CT molecular complexity index is 582. The molecule has 0 aliphatic rings. The third kappa shape index (κ3) is 2.34. The van der Waals surface area contributed by atoms with Gasteiger partial charge in [-0.15, -0.1) is 0 Å². The van der Waals surface area contributed by atoms with Gasteiger partial charge in [-0.2, -0.15) is 8.42 Å². The molecule has 0 aliphatic carbocycles. The highest BCUT2D eigenvalue weighted by Gasteiger charge is 2.09. The third-order valence-corrected chi connectivity index (χ3v) is 2.65. The Morgan fingerprint density at radius 3 is 2.40 bits per heavy atom. The van der Waals surface area contributed by atoms with Crippen molar-refractivity contribution in [3.05, 3.63) is 53.8 Å². The summed E-state index contributed by atoms with van der Waals surface area (Å²) in [6, 6.07) is 12.7. The van der Waals surface area contributed by atoms with Gasteiger partial charge in [0, 0.05) is 0 Å². The molecule has 0 spiro atoms. The lowest BCUT2D eigenvalue weighted by atomic mass is 10.1. The largest absolute Gasteiger partial charge is 0.285 e. The summed E-state index contributed by atoms with van der Waals surface area (Å²) in [7, 11) is -4.09. The van der Waals surface area contributed by atoms with Gasteiger partial charge in [0.15, 0.2) is 0 Å². The maximum atomic E-state index is 10.7. The number of hydrogen-bond acceptors (Lipinski definition) is 2. The van der Waals surface area contributed by atoms with Crippen LogP contribution in [0.5, 0.6) is 0 Å². The second kappa shape index (κ2) is 3.64.